The Labute approximate surface area is 292 Å². The molecule has 5 heterocycles. The van der Waals surface area contributed by atoms with Gasteiger partial charge in [0.1, 0.15) is 36.1 Å². The maximum Gasteiger partial charge on any atom is 0.412 e. The Kier molecular flexibility index (Phi) is 12.6. The van der Waals surface area contributed by atoms with Crippen LogP contribution in [0.4, 0.5) is 15.4 Å². The van der Waals surface area contributed by atoms with E-state index in [1.165, 1.54) is 9.80 Å². The zero-order valence-electron chi connectivity index (χ0n) is 27.3. The van der Waals surface area contributed by atoms with E-state index in [-0.39, 0.29) is 17.9 Å². The second-order valence-electron chi connectivity index (χ2n) is 12.1. The summed E-state index contributed by atoms with van der Waals surface area (Å²) >= 11 is 6.27. The number of aliphatic hydroxyl groups is 2. The molecule has 0 spiro atoms. The largest absolute Gasteiger partial charge is 0.422 e. The van der Waals surface area contributed by atoms with Crippen LogP contribution in [0.3, 0.4) is 0 Å². The number of nitrogens with one attached hydrogen (secondary N) is 1. The summed E-state index contributed by atoms with van der Waals surface area (Å²) in [6, 6.07) is 2.04. The van der Waals surface area contributed by atoms with Crippen LogP contribution in [0.1, 0.15) is 31.9 Å². The highest BCUT2D eigenvalue weighted by Crippen LogP contribution is 2.48. The van der Waals surface area contributed by atoms with E-state index in [1.54, 1.807) is 16.8 Å². The van der Waals surface area contributed by atoms with E-state index in [0.717, 1.165) is 25.7 Å². The van der Waals surface area contributed by atoms with Crippen LogP contribution in [0.25, 0.3) is 11.0 Å². The number of nitrogens with zero attached hydrogens (tertiary/aromatic N) is 5. The summed E-state index contributed by atoms with van der Waals surface area (Å²) in [7, 11) is -4.23. The number of aromatic nitrogens is 3. The van der Waals surface area contributed by atoms with Crippen LogP contribution in [0.15, 0.2) is 12.3 Å². The van der Waals surface area contributed by atoms with Crippen LogP contribution in [0.2, 0.25) is 5.28 Å². The van der Waals surface area contributed by atoms with E-state index < -0.39 is 64.3 Å². The van der Waals surface area contributed by atoms with Gasteiger partial charge in [-0.3, -0.25) is 13.6 Å². The third kappa shape index (κ3) is 9.14. The molecule has 3 saturated heterocycles. The molecule has 278 valence electrons. The summed E-state index contributed by atoms with van der Waals surface area (Å²) < 4.78 is 58.1. The topological polar surface area (TPSA) is 215 Å². The van der Waals surface area contributed by atoms with Crippen molar-refractivity contribution in [3.05, 3.63) is 17.5 Å². The van der Waals surface area contributed by atoms with Crippen LogP contribution in [0, 0.1) is 0 Å². The van der Waals surface area contributed by atoms with Gasteiger partial charge in [-0.25, -0.2) is 14.6 Å². The number of fused-ring (bicyclic) bond motifs is 1. The first-order valence-electron chi connectivity index (χ1n) is 16.5. The van der Waals surface area contributed by atoms with Gasteiger partial charge in [-0.2, -0.15) is 4.98 Å². The molecule has 1 unspecified atom stereocenters. The Bertz CT molecular complexity index is 1460. The molecule has 1 saturated carbocycles. The number of carbonyl (C=O) groups excluding carboxylic acids is 2. The minimum absolute atomic E-state index is 0.00728. The zero-order valence-corrected chi connectivity index (χ0v) is 29.0. The molecule has 2 amide bonds. The van der Waals surface area contributed by atoms with Crippen molar-refractivity contribution in [3.63, 3.8) is 0 Å². The second-order valence-corrected chi connectivity index (χ2v) is 14.4. The third-order valence-electron chi connectivity index (χ3n) is 8.79. The Morgan fingerprint density at radius 2 is 1.54 bits per heavy atom. The Balaban J connectivity index is 1.06. The fourth-order valence-electron chi connectivity index (χ4n) is 6.06. The first-order valence-corrected chi connectivity index (χ1v) is 18.6. The van der Waals surface area contributed by atoms with Crippen molar-refractivity contribution < 1.29 is 61.8 Å². The number of carbonyl (C=O) groups is 2. The molecule has 19 nitrogen and oxygen atoms in total. The Morgan fingerprint density at radius 3 is 2.14 bits per heavy atom. The Hall–Kier alpha value is -2.84. The second kappa shape index (κ2) is 17.1. The number of aliphatic hydroxyl groups excluding tert-OH is 2. The van der Waals surface area contributed by atoms with Gasteiger partial charge in [0.15, 0.2) is 6.23 Å². The molecule has 0 radical (unpaired) electrons. The van der Waals surface area contributed by atoms with Gasteiger partial charge in [0.25, 0.3) is 0 Å². The molecule has 2 aromatic heterocycles. The average molecular weight is 749 g/mol. The highest BCUT2D eigenvalue weighted by Gasteiger charge is 2.45. The first-order chi connectivity index (χ1) is 24.2. The molecule has 3 N–H and O–H groups in total. The molecule has 6 rings (SSSR count). The minimum Gasteiger partial charge on any atom is -0.422 e. The summed E-state index contributed by atoms with van der Waals surface area (Å²) in [5, 5.41) is 25.9. The number of anilines is 1. The van der Waals surface area contributed by atoms with Crippen LogP contribution >= 0.6 is 19.2 Å². The van der Waals surface area contributed by atoms with Crippen molar-refractivity contribution in [2.75, 3.05) is 84.5 Å². The first kappa shape index (κ1) is 36.9. The molecule has 50 heavy (non-hydrogen) atoms. The van der Waals surface area contributed by atoms with Gasteiger partial charge in [-0.15, -0.1) is 0 Å². The highest BCUT2D eigenvalue weighted by molar-refractivity contribution is 7.53. The number of ether oxygens (including phenoxy) is 6. The summed E-state index contributed by atoms with van der Waals surface area (Å²) in [6.07, 6.45) is -1.09. The quantitative estimate of drug-likeness (QED) is 0.152. The molecular weight excluding hydrogens is 707 g/mol. The van der Waals surface area contributed by atoms with Crippen molar-refractivity contribution in [3.8, 4) is 0 Å². The lowest BCUT2D eigenvalue weighted by molar-refractivity contribution is -0.0641. The van der Waals surface area contributed by atoms with E-state index in [4.69, 9.17) is 49.1 Å². The molecule has 4 fully saturated rings. The zero-order chi connectivity index (χ0) is 35.1. The number of amides is 2. The molecule has 0 aromatic carbocycles. The van der Waals surface area contributed by atoms with Crippen LogP contribution in [-0.2, 0) is 42.0 Å². The van der Waals surface area contributed by atoms with Crippen molar-refractivity contribution in [2.24, 2.45) is 0 Å². The van der Waals surface area contributed by atoms with Gasteiger partial charge in [0.2, 0.25) is 18.9 Å². The molecule has 3 aliphatic heterocycles. The SMILES string of the molecule is O=C(OCOP(=O)(COCC1O[C@@H](n2ccc3c(NC4CCCC4)nc(Cl)nc32)[C@H](O)[C@@H]1O)OCOC(=O)N1CCOCC1)N1CCOCC1. The number of rotatable bonds is 13. The lowest BCUT2D eigenvalue weighted by Gasteiger charge is -2.27. The van der Waals surface area contributed by atoms with Gasteiger partial charge in [0.05, 0.1) is 38.4 Å². The summed E-state index contributed by atoms with van der Waals surface area (Å²) in [5.74, 6) is 0.570. The molecule has 1 aliphatic carbocycles. The maximum absolute atomic E-state index is 13.6. The number of halogens is 1. The van der Waals surface area contributed by atoms with Gasteiger partial charge in [0, 0.05) is 38.4 Å². The minimum atomic E-state index is -4.23. The molecule has 4 aliphatic rings. The number of hydrogen-bond donors (Lipinski definition) is 3. The lowest BCUT2D eigenvalue weighted by atomic mass is 10.1. The van der Waals surface area contributed by atoms with Gasteiger partial charge in [-0.1, -0.05) is 12.8 Å². The van der Waals surface area contributed by atoms with Crippen molar-refractivity contribution in [1.29, 1.82) is 0 Å². The summed E-state index contributed by atoms with van der Waals surface area (Å²) in [5.41, 5.74) is 0.396. The number of morpholine rings is 2. The molecule has 0 bridgehead atoms. The fraction of sp³-hybridized carbons (Fsp3) is 0.724. The smallest absolute Gasteiger partial charge is 0.412 e. The monoisotopic (exact) mass is 748 g/mol. The third-order valence-corrected chi connectivity index (χ3v) is 10.5. The standard InChI is InChI=1S/C29H42ClN6O13P/c30-27-32-24(31-19-3-1-2-4-19)20-5-6-36(25(20)33-27)26-23(38)22(37)21(49-26)15-44-18-50(41,47-16-45-28(39)34-7-11-42-12-8-34)48-17-46-29(40)35-9-13-43-14-10-35/h5-6,19,21-23,26,37-38H,1-4,7-18H2,(H,31,32,33)/t21?,22-,23-,26-/m1/s1. The van der Waals surface area contributed by atoms with E-state index in [9.17, 15) is 24.4 Å². The van der Waals surface area contributed by atoms with Gasteiger partial charge in [-0.05, 0) is 30.5 Å². The van der Waals surface area contributed by atoms with E-state index in [1.807, 2.05) is 0 Å². The van der Waals surface area contributed by atoms with Crippen molar-refractivity contribution in [2.45, 2.75) is 56.3 Å². The van der Waals surface area contributed by atoms with E-state index in [2.05, 4.69) is 15.3 Å². The van der Waals surface area contributed by atoms with Crippen molar-refractivity contribution >= 4 is 48.2 Å². The predicted octanol–water partition coefficient (Wildman–Crippen LogP) is 2.11. The van der Waals surface area contributed by atoms with E-state index in [0.29, 0.717) is 69.5 Å². The van der Waals surface area contributed by atoms with Crippen molar-refractivity contribution in [1.82, 2.24) is 24.3 Å². The molecule has 4 atom stereocenters. The molecule has 2 aromatic rings. The molecular formula is C29H42ClN6O13P. The highest BCUT2D eigenvalue weighted by atomic mass is 35.5. The molecule has 21 heteroatoms. The average Bonchev–Trinajstić information content (AvgIpc) is 3.86. The maximum atomic E-state index is 13.6. The van der Waals surface area contributed by atoms with Crippen LogP contribution in [0.5, 0.6) is 0 Å². The summed E-state index contributed by atoms with van der Waals surface area (Å²) in [6.45, 7) is 0.843. The summed E-state index contributed by atoms with van der Waals surface area (Å²) in [4.78, 5) is 36.3. The Morgan fingerprint density at radius 1 is 0.940 bits per heavy atom. The van der Waals surface area contributed by atoms with Gasteiger partial charge < -0.3 is 58.3 Å². The van der Waals surface area contributed by atoms with Crippen LogP contribution in [-0.4, -0.2) is 150 Å². The lowest BCUT2D eigenvalue weighted by Crippen LogP contribution is -2.41. The predicted molar refractivity (Wildman–Crippen MR) is 172 cm³/mol. The van der Waals surface area contributed by atoms with E-state index >= 15 is 0 Å². The fourth-order valence-corrected chi connectivity index (χ4v) is 7.21. The van der Waals surface area contributed by atoms with Gasteiger partial charge >= 0.3 is 19.8 Å². The normalized spacial score (nSPS) is 24.9. The van der Waals surface area contributed by atoms with Crippen LogP contribution < -0.4 is 5.32 Å². The number of hydrogen-bond acceptors (Lipinski definition) is 16.